The first-order valence-corrected chi connectivity index (χ1v) is 11.4. The molecule has 34 heavy (non-hydrogen) atoms. The van der Waals surface area contributed by atoms with Crippen LogP contribution in [0.25, 0.3) is 6.08 Å². The molecule has 2 aliphatic rings. The zero-order valence-corrected chi connectivity index (χ0v) is 19.1. The van der Waals surface area contributed by atoms with Gasteiger partial charge in [0.25, 0.3) is 5.91 Å². The number of nitrogens with two attached hydrogens (primary N) is 1. The Morgan fingerprint density at radius 2 is 1.88 bits per heavy atom. The van der Waals surface area contributed by atoms with E-state index in [0.717, 1.165) is 25.0 Å². The third-order valence-electron chi connectivity index (χ3n) is 5.83. The molecule has 1 saturated carbocycles. The number of ketones is 1. The van der Waals surface area contributed by atoms with Crippen molar-refractivity contribution in [1.82, 2.24) is 16.0 Å². The third kappa shape index (κ3) is 7.11. The molecular weight excluding hydrogens is 467 g/mol. The molecule has 2 fully saturated rings. The number of hydrogen-bond acceptors (Lipinski definition) is 5. The number of carbonyl (C=O) groups is 5. The Kier molecular flexibility index (Phi) is 8.38. The molecule has 182 valence electrons. The molecule has 11 heteroatoms. The quantitative estimate of drug-likeness (QED) is 0.267. The molecular formula is C23H26ClFN4O5. The van der Waals surface area contributed by atoms with Crippen molar-refractivity contribution in [2.24, 2.45) is 17.6 Å². The van der Waals surface area contributed by atoms with Crippen LogP contribution in [-0.2, 0) is 24.0 Å². The van der Waals surface area contributed by atoms with Crippen molar-refractivity contribution in [3.63, 3.8) is 0 Å². The van der Waals surface area contributed by atoms with Gasteiger partial charge in [0, 0.05) is 29.1 Å². The van der Waals surface area contributed by atoms with E-state index >= 15 is 0 Å². The summed E-state index contributed by atoms with van der Waals surface area (Å²) in [6, 6.07) is 1.74. The molecule has 1 heterocycles. The van der Waals surface area contributed by atoms with Crippen LogP contribution in [0, 0.1) is 17.7 Å². The van der Waals surface area contributed by atoms with E-state index in [4.69, 9.17) is 17.3 Å². The smallest absolute Gasteiger partial charge is 0.287 e. The van der Waals surface area contributed by atoms with Gasteiger partial charge in [0.15, 0.2) is 0 Å². The lowest BCUT2D eigenvalue weighted by atomic mass is 9.95. The second-order valence-corrected chi connectivity index (χ2v) is 8.98. The first kappa shape index (κ1) is 25.4. The topological polar surface area (TPSA) is 147 Å². The van der Waals surface area contributed by atoms with E-state index < -0.39 is 47.3 Å². The predicted molar refractivity (Wildman–Crippen MR) is 122 cm³/mol. The highest BCUT2D eigenvalue weighted by Crippen LogP contribution is 2.33. The molecule has 1 aliphatic heterocycles. The molecule has 1 unspecified atom stereocenters. The fourth-order valence-corrected chi connectivity index (χ4v) is 3.93. The molecule has 0 bridgehead atoms. The van der Waals surface area contributed by atoms with Crippen molar-refractivity contribution in [2.75, 3.05) is 6.54 Å². The Labute approximate surface area is 200 Å². The highest BCUT2D eigenvalue weighted by atomic mass is 35.5. The van der Waals surface area contributed by atoms with Crippen molar-refractivity contribution in [1.29, 1.82) is 0 Å². The normalized spacial score (nSPS) is 19.4. The maximum atomic E-state index is 13.9. The summed E-state index contributed by atoms with van der Waals surface area (Å²) in [5, 5.41) is 7.92. The highest BCUT2D eigenvalue weighted by Gasteiger charge is 2.36. The van der Waals surface area contributed by atoms with Crippen molar-refractivity contribution < 1.29 is 28.4 Å². The Balaban J connectivity index is 1.68. The standard InChI is InChI=1S/C23H26ClFN4O5/c24-15-5-3-13(16(25)11-15)4-6-19(30)28-18(9-12-1-2-12)23(34)29-17(20(31)21(26)32)10-14-7-8-27-22(14)33/h3-6,11-12,14,17-18H,1-2,7-10H2,(H2,26,32)(H,27,33)(H,28,30)(H,29,34)/b6-4+/t14-,17?,18-/m0/s1. The second kappa shape index (κ2) is 11.2. The van der Waals surface area contributed by atoms with Gasteiger partial charge in [0.1, 0.15) is 11.9 Å². The minimum atomic E-state index is -1.28. The van der Waals surface area contributed by atoms with Gasteiger partial charge >= 0.3 is 0 Å². The van der Waals surface area contributed by atoms with Crippen molar-refractivity contribution in [2.45, 2.75) is 44.2 Å². The van der Waals surface area contributed by atoms with Gasteiger partial charge in [-0.15, -0.1) is 0 Å². The molecule has 1 aliphatic carbocycles. The van der Waals surface area contributed by atoms with E-state index in [9.17, 15) is 28.4 Å². The SMILES string of the molecule is NC(=O)C(=O)C(C[C@@H]1CCNC1=O)NC(=O)[C@H](CC1CC1)NC(=O)/C=C/c1ccc(Cl)cc1F. The molecule has 5 N–H and O–H groups in total. The zero-order chi connectivity index (χ0) is 24.8. The van der Waals surface area contributed by atoms with E-state index in [1.165, 1.54) is 18.2 Å². The summed E-state index contributed by atoms with van der Waals surface area (Å²) in [5.74, 6) is -4.71. The van der Waals surface area contributed by atoms with Crippen LogP contribution in [0.3, 0.4) is 0 Å². The van der Waals surface area contributed by atoms with Crippen LogP contribution in [0.4, 0.5) is 4.39 Å². The number of benzene rings is 1. The average molecular weight is 493 g/mol. The number of rotatable bonds is 11. The first-order valence-electron chi connectivity index (χ1n) is 11.0. The van der Waals surface area contributed by atoms with Crippen molar-refractivity contribution in [3.8, 4) is 0 Å². The summed E-state index contributed by atoms with van der Waals surface area (Å²) >= 11 is 5.72. The Bertz CT molecular complexity index is 1030. The number of primary amides is 1. The number of amides is 4. The molecule has 0 radical (unpaired) electrons. The summed E-state index contributed by atoms with van der Waals surface area (Å²) in [7, 11) is 0. The lowest BCUT2D eigenvalue weighted by Gasteiger charge is -2.23. The number of nitrogens with one attached hydrogen (secondary N) is 3. The van der Waals surface area contributed by atoms with Crippen LogP contribution >= 0.6 is 11.6 Å². The molecule has 3 rings (SSSR count). The molecule has 3 atom stereocenters. The van der Waals surface area contributed by atoms with Gasteiger partial charge in [0.2, 0.25) is 23.5 Å². The van der Waals surface area contributed by atoms with Gasteiger partial charge in [0.05, 0.1) is 6.04 Å². The molecule has 4 amide bonds. The van der Waals surface area contributed by atoms with E-state index in [1.54, 1.807) is 0 Å². The lowest BCUT2D eigenvalue weighted by Crippen LogP contribution is -2.54. The highest BCUT2D eigenvalue weighted by molar-refractivity contribution is 6.38. The molecule has 0 aromatic heterocycles. The van der Waals surface area contributed by atoms with E-state index in [2.05, 4.69) is 16.0 Å². The fourth-order valence-electron chi connectivity index (χ4n) is 3.77. The van der Waals surface area contributed by atoms with Crippen LogP contribution in [0.5, 0.6) is 0 Å². The van der Waals surface area contributed by atoms with Gasteiger partial charge in [-0.2, -0.15) is 0 Å². The Morgan fingerprint density at radius 3 is 2.47 bits per heavy atom. The van der Waals surface area contributed by atoms with Gasteiger partial charge in [-0.25, -0.2) is 4.39 Å². The molecule has 9 nitrogen and oxygen atoms in total. The molecule has 1 aromatic rings. The van der Waals surface area contributed by atoms with Crippen molar-refractivity contribution >= 4 is 47.1 Å². The average Bonchev–Trinajstić information content (AvgIpc) is 3.51. The van der Waals surface area contributed by atoms with Gasteiger partial charge in [-0.05, 0) is 43.4 Å². The minimum absolute atomic E-state index is 0.0702. The third-order valence-corrected chi connectivity index (χ3v) is 6.07. The number of carbonyl (C=O) groups excluding carboxylic acids is 5. The maximum absolute atomic E-state index is 13.9. The lowest BCUT2D eigenvalue weighted by molar-refractivity contribution is -0.139. The van der Waals surface area contributed by atoms with Crippen molar-refractivity contribution in [3.05, 3.63) is 40.7 Å². The van der Waals surface area contributed by atoms with E-state index in [0.29, 0.717) is 19.4 Å². The van der Waals surface area contributed by atoms with Crippen LogP contribution < -0.4 is 21.7 Å². The summed E-state index contributed by atoms with van der Waals surface area (Å²) in [4.78, 5) is 61.1. The summed E-state index contributed by atoms with van der Waals surface area (Å²) in [5.41, 5.74) is 5.27. The van der Waals surface area contributed by atoms with Gasteiger partial charge in [-0.3, -0.25) is 24.0 Å². The second-order valence-electron chi connectivity index (χ2n) is 8.54. The minimum Gasteiger partial charge on any atom is -0.363 e. The summed E-state index contributed by atoms with van der Waals surface area (Å²) in [6.45, 7) is 0.440. The molecule has 0 spiro atoms. The Morgan fingerprint density at radius 1 is 1.15 bits per heavy atom. The van der Waals surface area contributed by atoms with Crippen LogP contribution in [-0.4, -0.2) is 48.0 Å². The van der Waals surface area contributed by atoms with Gasteiger partial charge < -0.3 is 21.7 Å². The fraction of sp³-hybridized carbons (Fsp3) is 0.435. The van der Waals surface area contributed by atoms with E-state index in [1.807, 2.05) is 0 Å². The maximum Gasteiger partial charge on any atom is 0.287 e. The largest absolute Gasteiger partial charge is 0.363 e. The zero-order valence-electron chi connectivity index (χ0n) is 18.3. The Hall–Kier alpha value is -3.27. The van der Waals surface area contributed by atoms with E-state index in [-0.39, 0.29) is 28.8 Å². The number of Topliss-reactive ketones (excluding diaryl/α,β-unsaturated/α-hetero) is 1. The van der Waals surface area contributed by atoms with Gasteiger partial charge in [-0.1, -0.05) is 30.5 Å². The number of hydrogen-bond donors (Lipinski definition) is 4. The summed E-state index contributed by atoms with van der Waals surface area (Å²) in [6.07, 6.45) is 4.88. The number of halogens is 2. The summed E-state index contributed by atoms with van der Waals surface area (Å²) < 4.78 is 13.9. The monoisotopic (exact) mass is 492 g/mol. The van der Waals surface area contributed by atoms with Crippen LogP contribution in [0.1, 0.15) is 37.7 Å². The molecule has 1 aromatic carbocycles. The van der Waals surface area contributed by atoms with Crippen LogP contribution in [0.2, 0.25) is 5.02 Å². The first-order chi connectivity index (χ1) is 16.1. The predicted octanol–water partition coefficient (Wildman–Crippen LogP) is 0.843. The van der Waals surface area contributed by atoms with Crippen LogP contribution in [0.15, 0.2) is 24.3 Å². The molecule has 1 saturated heterocycles.